The first-order chi connectivity index (χ1) is 18.7. The summed E-state index contributed by atoms with van der Waals surface area (Å²) in [7, 11) is -3.59. The van der Waals surface area contributed by atoms with Gasteiger partial charge in [0.1, 0.15) is 10.6 Å². The van der Waals surface area contributed by atoms with Gasteiger partial charge >= 0.3 is 16.3 Å². The minimum Gasteiger partial charge on any atom is -0.493 e. The fraction of sp³-hybridized carbons (Fsp3) is 0.231. The van der Waals surface area contributed by atoms with Crippen LogP contribution in [0.2, 0.25) is 0 Å². The molecule has 3 aromatic rings. The van der Waals surface area contributed by atoms with Crippen molar-refractivity contribution < 1.29 is 52.5 Å². The molecule has 40 heavy (non-hydrogen) atoms. The molecule has 0 fully saturated rings. The quantitative estimate of drug-likeness (QED) is 0.150. The summed E-state index contributed by atoms with van der Waals surface area (Å²) in [6.45, 7) is 1.65. The summed E-state index contributed by atoms with van der Waals surface area (Å²) >= 11 is 0. The molecule has 0 aromatic heterocycles. The van der Waals surface area contributed by atoms with Crippen LogP contribution in [0.1, 0.15) is 41.5 Å². The topological polar surface area (TPSA) is 64.6 Å². The van der Waals surface area contributed by atoms with E-state index in [1.807, 2.05) is 0 Å². The third kappa shape index (κ3) is 5.19. The zero-order valence-electron chi connectivity index (χ0n) is 20.6. The van der Waals surface area contributed by atoms with Crippen molar-refractivity contribution in [1.82, 2.24) is 5.32 Å². The Hall–Kier alpha value is -3.81. The Balaban J connectivity index is 1.77. The van der Waals surface area contributed by atoms with E-state index in [9.17, 15) is 43.5 Å². The van der Waals surface area contributed by atoms with Gasteiger partial charge in [-0.05, 0) is 37.1 Å². The average Bonchev–Trinajstić information content (AvgIpc) is 2.92. The maximum Gasteiger partial charge on any atom is 0.416 e. The predicted molar refractivity (Wildman–Crippen MR) is 127 cm³/mol. The largest absolute Gasteiger partial charge is 0.493 e. The second-order valence-electron chi connectivity index (χ2n) is 8.58. The van der Waals surface area contributed by atoms with Crippen molar-refractivity contribution in [3.63, 3.8) is 0 Å². The molecule has 0 spiro atoms. The van der Waals surface area contributed by atoms with Crippen LogP contribution < -0.4 is 14.2 Å². The number of alkyl halides is 3. The molecule has 1 atom stereocenters. The van der Waals surface area contributed by atoms with Crippen LogP contribution in [0.3, 0.4) is 0 Å². The number of ether oxygens (including phenoxy) is 1. The average molecular weight is 593 g/mol. The van der Waals surface area contributed by atoms with E-state index in [0.29, 0.717) is 23.2 Å². The number of benzene rings is 3. The summed E-state index contributed by atoms with van der Waals surface area (Å²) in [5.41, 5.74) is 0.649. The second kappa shape index (κ2) is 10.6. The summed E-state index contributed by atoms with van der Waals surface area (Å²) in [5, 5.41) is 2.85. The maximum atomic E-state index is 14.0. The molecule has 4 rings (SSSR count). The van der Waals surface area contributed by atoms with Gasteiger partial charge in [-0.3, -0.25) is 0 Å². The van der Waals surface area contributed by atoms with Gasteiger partial charge < -0.3 is 14.2 Å². The van der Waals surface area contributed by atoms with E-state index in [1.165, 1.54) is 12.1 Å². The fourth-order valence-electron chi connectivity index (χ4n) is 4.37. The third-order valence-electron chi connectivity index (χ3n) is 6.28. The second-order valence-corrected chi connectivity index (χ2v) is 10.1. The van der Waals surface area contributed by atoms with Crippen molar-refractivity contribution in [1.29, 1.82) is 0 Å². The first-order valence-corrected chi connectivity index (χ1v) is 12.9. The number of fused-ring (bicyclic) bond motifs is 1. The number of halogens is 8. The van der Waals surface area contributed by atoms with E-state index in [0.717, 1.165) is 24.3 Å². The molecule has 1 aliphatic heterocycles. The summed E-state index contributed by atoms with van der Waals surface area (Å²) < 4.78 is 144. The van der Waals surface area contributed by atoms with Crippen molar-refractivity contribution >= 4 is 15.8 Å². The lowest BCUT2D eigenvalue weighted by Gasteiger charge is -2.29. The van der Waals surface area contributed by atoms with Crippen LogP contribution >= 0.6 is 0 Å². The van der Waals surface area contributed by atoms with Gasteiger partial charge in [-0.2, -0.15) is 30.4 Å². The standard InChI is InChI=1S/C26H19F8NO4S/c1-3-18(35-2)17-10-12(26(32,33)34)4-6-14(17)15-8-9-38-19-11-13(5-7-16(15)19)40(36,37)39-25-23(30)21(28)20(27)22(29)24(25)31/h3-7,10-11,15,35H,8-9H2,1-2H3/b18-3-. The molecule has 0 saturated carbocycles. The molecule has 0 bridgehead atoms. The number of hydrogen-bond acceptors (Lipinski definition) is 5. The van der Waals surface area contributed by atoms with Crippen LogP contribution in [0.15, 0.2) is 47.4 Å². The molecule has 0 radical (unpaired) electrons. The van der Waals surface area contributed by atoms with Crippen molar-refractivity contribution in [2.45, 2.75) is 30.3 Å². The highest BCUT2D eigenvalue weighted by atomic mass is 32.2. The lowest BCUT2D eigenvalue weighted by Crippen LogP contribution is -2.20. The molecule has 0 aliphatic carbocycles. The van der Waals surface area contributed by atoms with Crippen molar-refractivity contribution in [2.75, 3.05) is 13.7 Å². The van der Waals surface area contributed by atoms with Crippen LogP contribution in [0, 0.1) is 29.1 Å². The number of allylic oxidation sites excluding steroid dienone is 1. The molecule has 1 heterocycles. The van der Waals surface area contributed by atoms with Gasteiger partial charge in [0.25, 0.3) is 0 Å². The minimum atomic E-state index is -5.13. The summed E-state index contributed by atoms with van der Waals surface area (Å²) in [6, 6.07) is 6.39. The minimum absolute atomic E-state index is 0.0187. The molecular weight excluding hydrogens is 574 g/mol. The lowest BCUT2D eigenvalue weighted by molar-refractivity contribution is -0.137. The van der Waals surface area contributed by atoms with E-state index in [4.69, 9.17) is 4.74 Å². The predicted octanol–water partition coefficient (Wildman–Crippen LogP) is 6.66. The Labute approximate surface area is 223 Å². The molecule has 214 valence electrons. The molecule has 3 aromatic carbocycles. The van der Waals surface area contributed by atoms with E-state index in [2.05, 4.69) is 9.50 Å². The zero-order valence-corrected chi connectivity index (χ0v) is 21.4. The summed E-state index contributed by atoms with van der Waals surface area (Å²) in [4.78, 5) is -0.729. The van der Waals surface area contributed by atoms with Gasteiger partial charge in [0.15, 0.2) is 0 Å². The van der Waals surface area contributed by atoms with Gasteiger partial charge in [-0.1, -0.05) is 18.2 Å². The maximum absolute atomic E-state index is 14.0. The van der Waals surface area contributed by atoms with Crippen LogP contribution in [0.25, 0.3) is 5.70 Å². The van der Waals surface area contributed by atoms with Crippen LogP contribution in [-0.2, 0) is 16.3 Å². The van der Waals surface area contributed by atoms with Gasteiger partial charge in [0, 0.05) is 35.9 Å². The third-order valence-corrected chi connectivity index (χ3v) is 7.50. The van der Waals surface area contributed by atoms with Gasteiger partial charge in [-0.25, -0.2) is 13.2 Å². The summed E-state index contributed by atoms with van der Waals surface area (Å²) in [5.74, 6) is -14.8. The van der Waals surface area contributed by atoms with Gasteiger partial charge in [-0.15, -0.1) is 0 Å². The van der Waals surface area contributed by atoms with E-state index in [1.54, 1.807) is 20.0 Å². The Morgan fingerprint density at radius 3 is 2.12 bits per heavy atom. The number of nitrogens with one attached hydrogen (secondary N) is 1. The monoisotopic (exact) mass is 593 g/mol. The smallest absolute Gasteiger partial charge is 0.416 e. The number of rotatable bonds is 6. The molecular formula is C26H19F8NO4S. The Morgan fingerprint density at radius 2 is 1.55 bits per heavy atom. The highest BCUT2D eigenvalue weighted by Gasteiger charge is 2.35. The Bertz CT molecular complexity index is 1590. The molecule has 1 aliphatic rings. The summed E-state index contributed by atoms with van der Waals surface area (Å²) in [6.07, 6.45) is -2.71. The first-order valence-electron chi connectivity index (χ1n) is 11.5. The van der Waals surface area contributed by atoms with Crippen LogP contribution in [0.4, 0.5) is 35.1 Å². The molecule has 14 heteroatoms. The number of hydrogen-bond donors (Lipinski definition) is 1. The van der Waals surface area contributed by atoms with Gasteiger partial charge in [0.2, 0.25) is 34.8 Å². The zero-order chi connectivity index (χ0) is 29.6. The van der Waals surface area contributed by atoms with Crippen LogP contribution in [0.5, 0.6) is 11.5 Å². The Kier molecular flexibility index (Phi) is 7.76. The molecule has 0 amide bonds. The highest BCUT2D eigenvalue weighted by Crippen LogP contribution is 2.43. The Morgan fingerprint density at radius 1 is 0.950 bits per heavy atom. The SMILES string of the molecule is C/C=C(\NC)c1cc(C(F)(F)F)ccc1C1CCOc2cc(S(=O)(=O)Oc3c(F)c(F)c(F)c(F)c3F)ccc21. The normalized spacial score (nSPS) is 15.8. The van der Waals surface area contributed by atoms with Crippen LogP contribution in [-0.4, -0.2) is 22.1 Å². The first kappa shape index (κ1) is 29.2. The van der Waals surface area contributed by atoms with E-state index < -0.39 is 67.5 Å². The molecule has 0 saturated heterocycles. The van der Waals surface area contributed by atoms with Gasteiger partial charge in [0.05, 0.1) is 12.2 Å². The molecule has 1 N–H and O–H groups in total. The lowest BCUT2D eigenvalue weighted by atomic mass is 9.82. The fourth-order valence-corrected chi connectivity index (χ4v) is 5.32. The van der Waals surface area contributed by atoms with Crippen molar-refractivity contribution in [3.8, 4) is 11.5 Å². The van der Waals surface area contributed by atoms with E-state index >= 15 is 0 Å². The van der Waals surface area contributed by atoms with Crippen molar-refractivity contribution in [3.05, 3.63) is 93.8 Å². The highest BCUT2D eigenvalue weighted by molar-refractivity contribution is 7.87. The molecule has 5 nitrogen and oxygen atoms in total. The molecule has 1 unspecified atom stereocenters. The van der Waals surface area contributed by atoms with Crippen molar-refractivity contribution in [2.24, 2.45) is 0 Å². The van der Waals surface area contributed by atoms with E-state index in [-0.39, 0.29) is 17.9 Å².